The summed E-state index contributed by atoms with van der Waals surface area (Å²) in [5.41, 5.74) is 0.199. The van der Waals surface area contributed by atoms with Crippen LogP contribution in [-0.4, -0.2) is 87.5 Å². The fourth-order valence-corrected chi connectivity index (χ4v) is 5.29. The molecule has 0 aromatic heterocycles. The number of hydrogen-bond donors (Lipinski definition) is 2. The van der Waals surface area contributed by atoms with Crippen LogP contribution in [0.4, 0.5) is 0 Å². The molecule has 3 rings (SSSR count). The topological polar surface area (TPSA) is 108 Å². The molecule has 184 valence electrons. The van der Waals surface area contributed by atoms with Gasteiger partial charge in [-0.25, -0.2) is 8.42 Å². The number of sulfonamides is 1. The van der Waals surface area contributed by atoms with E-state index in [0.29, 0.717) is 25.8 Å². The maximum Gasteiger partial charge on any atom is 0.251 e. The van der Waals surface area contributed by atoms with Crippen LogP contribution >= 0.6 is 0 Å². The molecule has 1 aromatic carbocycles. The molecule has 1 aliphatic heterocycles. The summed E-state index contributed by atoms with van der Waals surface area (Å²) in [5, 5.41) is 5.74. The van der Waals surface area contributed by atoms with E-state index in [9.17, 15) is 18.0 Å². The lowest BCUT2D eigenvalue weighted by Gasteiger charge is -2.27. The van der Waals surface area contributed by atoms with Crippen LogP contribution in [0.25, 0.3) is 0 Å². The van der Waals surface area contributed by atoms with Gasteiger partial charge in [-0.05, 0) is 50.9 Å². The molecule has 10 heteroatoms. The highest BCUT2D eigenvalue weighted by Gasteiger charge is 2.31. The van der Waals surface area contributed by atoms with Crippen molar-refractivity contribution in [2.45, 2.75) is 56.6 Å². The third-order valence-corrected chi connectivity index (χ3v) is 8.22. The molecule has 2 aliphatic rings. The van der Waals surface area contributed by atoms with E-state index < -0.39 is 22.0 Å². The van der Waals surface area contributed by atoms with E-state index in [4.69, 9.17) is 4.74 Å². The van der Waals surface area contributed by atoms with Crippen molar-refractivity contribution >= 4 is 21.8 Å². The van der Waals surface area contributed by atoms with Gasteiger partial charge in [0, 0.05) is 37.3 Å². The average Bonchev–Trinajstić information content (AvgIpc) is 3.66. The molecular formula is C23H36N4O5S. The summed E-state index contributed by atoms with van der Waals surface area (Å²) >= 11 is 0. The zero-order valence-electron chi connectivity index (χ0n) is 19.9. The lowest BCUT2D eigenvalue weighted by atomic mass is 10.0. The van der Waals surface area contributed by atoms with Gasteiger partial charge in [0.1, 0.15) is 6.04 Å². The predicted molar refractivity (Wildman–Crippen MR) is 125 cm³/mol. The predicted octanol–water partition coefficient (Wildman–Crippen LogP) is 1.06. The molecule has 9 nitrogen and oxygen atoms in total. The van der Waals surface area contributed by atoms with Crippen molar-refractivity contribution in [3.05, 3.63) is 29.8 Å². The molecule has 2 atom stereocenters. The molecule has 1 heterocycles. The molecule has 2 amide bonds. The SMILES string of the molecule is CC(C)C(NC(=O)c1cccc(S(=O)(=O)N2CCOCC2)c1)C(=O)NCC(C)N(C)C1CC1. The van der Waals surface area contributed by atoms with E-state index in [0.717, 1.165) is 0 Å². The van der Waals surface area contributed by atoms with Crippen LogP contribution in [0.2, 0.25) is 0 Å². The number of hydrogen-bond acceptors (Lipinski definition) is 6. The van der Waals surface area contributed by atoms with Gasteiger partial charge in [0.15, 0.2) is 0 Å². The Kier molecular flexibility index (Phi) is 8.49. The Bertz CT molecular complexity index is 942. The van der Waals surface area contributed by atoms with Gasteiger partial charge in [-0.3, -0.25) is 14.5 Å². The van der Waals surface area contributed by atoms with Crippen LogP contribution < -0.4 is 10.6 Å². The summed E-state index contributed by atoms with van der Waals surface area (Å²) < 4.78 is 32.4. The first-order chi connectivity index (χ1) is 15.6. The normalized spacial score (nSPS) is 19.3. The van der Waals surface area contributed by atoms with Gasteiger partial charge in [0.25, 0.3) is 5.91 Å². The Labute approximate surface area is 196 Å². The molecule has 1 saturated heterocycles. The number of nitrogens with one attached hydrogen (secondary N) is 2. The first-order valence-electron chi connectivity index (χ1n) is 11.6. The summed E-state index contributed by atoms with van der Waals surface area (Å²) in [6.07, 6.45) is 2.39. The fraction of sp³-hybridized carbons (Fsp3) is 0.652. The number of benzene rings is 1. The van der Waals surface area contributed by atoms with E-state index in [1.165, 1.54) is 29.3 Å². The van der Waals surface area contributed by atoms with Crippen LogP contribution in [0.5, 0.6) is 0 Å². The lowest BCUT2D eigenvalue weighted by molar-refractivity contribution is -0.124. The Morgan fingerprint density at radius 2 is 1.85 bits per heavy atom. The standard InChI is InChI=1S/C23H36N4O5S/c1-16(2)21(23(29)24-15-17(3)26(4)19-8-9-19)25-22(28)18-6-5-7-20(14-18)33(30,31)27-10-12-32-13-11-27/h5-7,14,16-17,19,21H,8-13,15H2,1-4H3,(H,24,29)(H,25,28). The Balaban J connectivity index is 1.65. The molecule has 0 radical (unpaired) electrons. The van der Waals surface area contributed by atoms with Crippen molar-refractivity contribution in [2.75, 3.05) is 39.9 Å². The number of rotatable bonds is 10. The van der Waals surface area contributed by atoms with Crippen LogP contribution in [0.3, 0.4) is 0 Å². The molecular weight excluding hydrogens is 444 g/mol. The van der Waals surface area contributed by atoms with Crippen molar-refractivity contribution in [3.63, 3.8) is 0 Å². The molecule has 2 unspecified atom stereocenters. The Hall–Kier alpha value is -2.01. The van der Waals surface area contributed by atoms with Gasteiger partial charge in [-0.15, -0.1) is 0 Å². The number of carbonyl (C=O) groups is 2. The van der Waals surface area contributed by atoms with Crippen molar-refractivity contribution in [1.82, 2.24) is 19.8 Å². The number of amides is 2. The van der Waals surface area contributed by atoms with Crippen molar-refractivity contribution in [1.29, 1.82) is 0 Å². The summed E-state index contributed by atoms with van der Waals surface area (Å²) in [6, 6.07) is 6.01. The van der Waals surface area contributed by atoms with Gasteiger partial charge >= 0.3 is 0 Å². The molecule has 0 spiro atoms. The lowest BCUT2D eigenvalue weighted by Crippen LogP contribution is -2.52. The van der Waals surface area contributed by atoms with Crippen molar-refractivity contribution in [3.8, 4) is 0 Å². The molecule has 33 heavy (non-hydrogen) atoms. The number of likely N-dealkylation sites (N-methyl/N-ethyl adjacent to an activating group) is 1. The largest absolute Gasteiger partial charge is 0.379 e. The number of carbonyl (C=O) groups excluding carboxylic acids is 2. The Morgan fingerprint density at radius 3 is 2.45 bits per heavy atom. The highest BCUT2D eigenvalue weighted by molar-refractivity contribution is 7.89. The number of morpholine rings is 1. The molecule has 2 N–H and O–H groups in total. The van der Waals surface area contributed by atoms with Gasteiger partial charge < -0.3 is 15.4 Å². The fourth-order valence-electron chi connectivity index (χ4n) is 3.84. The smallest absolute Gasteiger partial charge is 0.251 e. The monoisotopic (exact) mass is 480 g/mol. The molecule has 2 fully saturated rings. The van der Waals surface area contributed by atoms with Crippen LogP contribution in [-0.2, 0) is 19.6 Å². The second kappa shape index (κ2) is 10.9. The van der Waals surface area contributed by atoms with Gasteiger partial charge in [-0.1, -0.05) is 19.9 Å². The zero-order valence-corrected chi connectivity index (χ0v) is 20.7. The quantitative estimate of drug-likeness (QED) is 0.519. The van der Waals surface area contributed by atoms with Gasteiger partial charge in [0.05, 0.1) is 18.1 Å². The highest BCUT2D eigenvalue weighted by Crippen LogP contribution is 2.26. The van der Waals surface area contributed by atoms with E-state index in [1.807, 2.05) is 13.8 Å². The van der Waals surface area contributed by atoms with Crippen LogP contribution in [0, 0.1) is 5.92 Å². The van der Waals surface area contributed by atoms with Crippen molar-refractivity contribution < 1.29 is 22.7 Å². The zero-order chi connectivity index (χ0) is 24.2. The molecule has 0 bridgehead atoms. The summed E-state index contributed by atoms with van der Waals surface area (Å²) in [6.45, 7) is 7.55. The Morgan fingerprint density at radius 1 is 1.18 bits per heavy atom. The van der Waals surface area contributed by atoms with Crippen molar-refractivity contribution in [2.24, 2.45) is 5.92 Å². The van der Waals surface area contributed by atoms with E-state index in [1.54, 1.807) is 12.1 Å². The third kappa shape index (κ3) is 6.53. The van der Waals surface area contributed by atoms with E-state index >= 15 is 0 Å². The first-order valence-corrected chi connectivity index (χ1v) is 13.0. The van der Waals surface area contributed by atoms with Gasteiger partial charge in [0.2, 0.25) is 15.9 Å². The second-order valence-electron chi connectivity index (χ2n) is 9.23. The molecule has 1 aromatic rings. The maximum atomic E-state index is 12.9. The molecule has 1 aliphatic carbocycles. The summed E-state index contributed by atoms with van der Waals surface area (Å²) in [5.74, 6) is -0.858. The second-order valence-corrected chi connectivity index (χ2v) is 11.2. The number of ether oxygens (including phenoxy) is 1. The van der Waals surface area contributed by atoms with E-state index in [2.05, 4.69) is 29.5 Å². The van der Waals surface area contributed by atoms with Gasteiger partial charge in [-0.2, -0.15) is 4.31 Å². The van der Waals surface area contributed by atoms with E-state index in [-0.39, 0.29) is 41.4 Å². The molecule has 1 saturated carbocycles. The minimum atomic E-state index is -3.72. The highest BCUT2D eigenvalue weighted by atomic mass is 32.2. The first kappa shape index (κ1) is 25.6. The summed E-state index contributed by atoms with van der Waals surface area (Å²) in [4.78, 5) is 28.1. The minimum Gasteiger partial charge on any atom is -0.379 e. The summed E-state index contributed by atoms with van der Waals surface area (Å²) in [7, 11) is -1.65. The minimum absolute atomic E-state index is 0.0551. The van der Waals surface area contributed by atoms with Crippen LogP contribution in [0.1, 0.15) is 44.0 Å². The maximum absolute atomic E-state index is 12.9. The average molecular weight is 481 g/mol. The third-order valence-electron chi connectivity index (χ3n) is 6.33. The van der Waals surface area contributed by atoms with Crippen LogP contribution in [0.15, 0.2) is 29.2 Å². The number of nitrogens with zero attached hydrogens (tertiary/aromatic N) is 2.